The number of nitrogens with zero attached hydrogens (tertiary/aromatic N) is 4. The number of methoxy groups -OCH3 is 1. The third-order valence-electron chi connectivity index (χ3n) is 4.51. The Hall–Kier alpha value is -2.45. The number of carbonyl (C=O) groups is 1. The number of hydrogen-bond donors (Lipinski definition) is 0. The fourth-order valence-electron chi connectivity index (χ4n) is 3.10. The van der Waals surface area contributed by atoms with E-state index in [0.717, 1.165) is 35.4 Å². The van der Waals surface area contributed by atoms with E-state index in [1.807, 2.05) is 18.2 Å². The molecular weight excluding hydrogens is 352 g/mol. The van der Waals surface area contributed by atoms with E-state index >= 15 is 0 Å². The van der Waals surface area contributed by atoms with Gasteiger partial charge in [-0.15, -0.1) is 0 Å². The van der Waals surface area contributed by atoms with E-state index in [-0.39, 0.29) is 12.0 Å². The van der Waals surface area contributed by atoms with Gasteiger partial charge in [-0.25, -0.2) is 4.98 Å². The maximum absolute atomic E-state index is 13.2. The second kappa shape index (κ2) is 7.05. The van der Waals surface area contributed by atoms with Crippen molar-refractivity contribution in [2.45, 2.75) is 18.9 Å². The SMILES string of the molecule is COc1ccc2nc(N(C[C@@H]3CCCO3)C(=O)c3ccnn3C)sc2c1. The number of anilines is 1. The minimum Gasteiger partial charge on any atom is -0.497 e. The molecule has 0 unspecified atom stereocenters. The van der Waals surface area contributed by atoms with Crippen LogP contribution in [0.25, 0.3) is 10.2 Å². The summed E-state index contributed by atoms with van der Waals surface area (Å²) >= 11 is 1.48. The van der Waals surface area contributed by atoms with Gasteiger partial charge in [-0.3, -0.25) is 14.4 Å². The molecule has 1 amide bonds. The molecule has 26 heavy (non-hydrogen) atoms. The first kappa shape index (κ1) is 17.0. The molecular formula is C18H20N4O3S. The first-order valence-electron chi connectivity index (χ1n) is 8.52. The van der Waals surface area contributed by atoms with Gasteiger partial charge in [-0.1, -0.05) is 11.3 Å². The number of benzene rings is 1. The number of rotatable bonds is 5. The van der Waals surface area contributed by atoms with Crippen LogP contribution in [-0.4, -0.2) is 47.0 Å². The van der Waals surface area contributed by atoms with Crippen LogP contribution in [0.2, 0.25) is 0 Å². The second-order valence-electron chi connectivity index (χ2n) is 6.22. The molecule has 1 fully saturated rings. The van der Waals surface area contributed by atoms with Crippen molar-refractivity contribution >= 4 is 32.6 Å². The maximum Gasteiger partial charge on any atom is 0.278 e. The lowest BCUT2D eigenvalue weighted by molar-refractivity contribution is 0.0909. The Labute approximate surface area is 155 Å². The summed E-state index contributed by atoms with van der Waals surface area (Å²) in [5.74, 6) is 0.655. The smallest absolute Gasteiger partial charge is 0.278 e. The number of ether oxygens (including phenoxy) is 2. The van der Waals surface area contributed by atoms with Gasteiger partial charge < -0.3 is 9.47 Å². The van der Waals surface area contributed by atoms with E-state index < -0.39 is 0 Å². The maximum atomic E-state index is 13.2. The number of aryl methyl sites for hydroxylation is 1. The predicted octanol–water partition coefficient (Wildman–Crippen LogP) is 2.86. The minimum absolute atomic E-state index is 0.0359. The van der Waals surface area contributed by atoms with Gasteiger partial charge in [0.15, 0.2) is 5.13 Å². The van der Waals surface area contributed by atoms with E-state index in [4.69, 9.17) is 9.47 Å². The topological polar surface area (TPSA) is 69.5 Å². The van der Waals surface area contributed by atoms with Crippen LogP contribution in [0.3, 0.4) is 0 Å². The molecule has 7 nitrogen and oxygen atoms in total. The van der Waals surface area contributed by atoms with E-state index in [1.54, 1.807) is 36.0 Å². The van der Waals surface area contributed by atoms with E-state index in [9.17, 15) is 4.79 Å². The molecule has 0 N–H and O–H groups in total. The molecule has 1 aliphatic rings. The molecule has 136 valence electrons. The molecule has 0 aliphatic carbocycles. The van der Waals surface area contributed by atoms with Crippen LogP contribution >= 0.6 is 11.3 Å². The lowest BCUT2D eigenvalue weighted by Gasteiger charge is -2.22. The van der Waals surface area contributed by atoms with Gasteiger partial charge in [0.1, 0.15) is 11.4 Å². The average Bonchev–Trinajstić information content (AvgIpc) is 3.38. The number of thiazole rings is 1. The highest BCUT2D eigenvalue weighted by atomic mass is 32.1. The zero-order valence-electron chi connectivity index (χ0n) is 14.7. The fraction of sp³-hybridized carbons (Fsp3) is 0.389. The van der Waals surface area contributed by atoms with Crippen molar-refractivity contribution in [3.63, 3.8) is 0 Å². The van der Waals surface area contributed by atoms with Crippen molar-refractivity contribution in [3.8, 4) is 5.75 Å². The normalized spacial score (nSPS) is 16.9. The Morgan fingerprint density at radius 2 is 2.35 bits per heavy atom. The third kappa shape index (κ3) is 3.17. The summed E-state index contributed by atoms with van der Waals surface area (Å²) in [6.07, 6.45) is 3.64. The van der Waals surface area contributed by atoms with Crippen molar-refractivity contribution < 1.29 is 14.3 Å². The van der Waals surface area contributed by atoms with E-state index in [1.165, 1.54) is 11.3 Å². The molecule has 3 heterocycles. The van der Waals surface area contributed by atoms with Crippen LogP contribution in [-0.2, 0) is 11.8 Å². The Kier molecular flexibility index (Phi) is 4.60. The van der Waals surface area contributed by atoms with Crippen LogP contribution in [0, 0.1) is 0 Å². The van der Waals surface area contributed by atoms with Crippen molar-refractivity contribution in [3.05, 3.63) is 36.2 Å². The van der Waals surface area contributed by atoms with Crippen molar-refractivity contribution in [1.29, 1.82) is 0 Å². The average molecular weight is 372 g/mol. The highest BCUT2D eigenvalue weighted by Crippen LogP contribution is 2.33. The summed E-state index contributed by atoms with van der Waals surface area (Å²) in [4.78, 5) is 19.6. The predicted molar refractivity (Wildman–Crippen MR) is 100 cm³/mol. The van der Waals surface area contributed by atoms with Crippen molar-refractivity contribution in [1.82, 2.24) is 14.8 Å². The molecule has 1 saturated heterocycles. The Bertz CT molecular complexity index is 930. The van der Waals surface area contributed by atoms with Gasteiger partial charge in [0.05, 0.1) is 30.0 Å². The number of hydrogen-bond acceptors (Lipinski definition) is 6. The third-order valence-corrected chi connectivity index (χ3v) is 5.55. The molecule has 4 rings (SSSR count). The van der Waals surface area contributed by atoms with Crippen LogP contribution in [0.4, 0.5) is 5.13 Å². The van der Waals surface area contributed by atoms with Crippen LogP contribution in [0.1, 0.15) is 23.3 Å². The minimum atomic E-state index is -0.119. The second-order valence-corrected chi connectivity index (χ2v) is 7.23. The summed E-state index contributed by atoms with van der Waals surface area (Å²) < 4.78 is 13.6. The molecule has 3 aromatic rings. The largest absolute Gasteiger partial charge is 0.497 e. The Balaban J connectivity index is 1.71. The quantitative estimate of drug-likeness (QED) is 0.689. The molecule has 1 atom stereocenters. The highest BCUT2D eigenvalue weighted by Gasteiger charge is 2.28. The van der Waals surface area contributed by atoms with Gasteiger partial charge in [-0.2, -0.15) is 5.10 Å². The highest BCUT2D eigenvalue weighted by molar-refractivity contribution is 7.22. The van der Waals surface area contributed by atoms with E-state index in [0.29, 0.717) is 17.4 Å². The molecule has 0 spiro atoms. The summed E-state index contributed by atoms with van der Waals surface area (Å²) in [5, 5.41) is 4.78. The van der Waals surface area contributed by atoms with Crippen LogP contribution < -0.4 is 9.64 Å². The first-order chi connectivity index (χ1) is 12.7. The number of carbonyl (C=O) groups excluding carboxylic acids is 1. The lowest BCUT2D eigenvalue weighted by atomic mass is 10.2. The molecule has 0 saturated carbocycles. The Morgan fingerprint density at radius 1 is 1.46 bits per heavy atom. The van der Waals surface area contributed by atoms with Gasteiger partial charge >= 0.3 is 0 Å². The van der Waals surface area contributed by atoms with Gasteiger partial charge in [0, 0.05) is 19.9 Å². The van der Waals surface area contributed by atoms with Crippen LogP contribution in [0.5, 0.6) is 5.75 Å². The number of amides is 1. The van der Waals surface area contributed by atoms with E-state index in [2.05, 4.69) is 10.1 Å². The molecule has 0 bridgehead atoms. The summed E-state index contributed by atoms with van der Waals surface area (Å²) in [5.41, 5.74) is 1.38. The number of fused-ring (bicyclic) bond motifs is 1. The summed E-state index contributed by atoms with van der Waals surface area (Å²) in [6, 6.07) is 7.45. The molecule has 8 heteroatoms. The standard InChI is InChI=1S/C18H20N4O3S/c1-21-15(7-8-19-21)17(23)22(11-13-4-3-9-25-13)18-20-14-6-5-12(24-2)10-16(14)26-18/h5-8,10,13H,3-4,9,11H2,1-2H3/t13-/m0/s1. The zero-order valence-corrected chi connectivity index (χ0v) is 15.5. The van der Waals surface area contributed by atoms with Gasteiger partial charge in [0.25, 0.3) is 5.91 Å². The summed E-state index contributed by atoms with van der Waals surface area (Å²) in [6.45, 7) is 1.23. The molecule has 1 aliphatic heterocycles. The Morgan fingerprint density at radius 3 is 3.04 bits per heavy atom. The van der Waals surface area contributed by atoms with Crippen molar-refractivity contribution in [2.75, 3.05) is 25.2 Å². The van der Waals surface area contributed by atoms with Crippen LogP contribution in [0.15, 0.2) is 30.5 Å². The zero-order chi connectivity index (χ0) is 18.1. The van der Waals surface area contributed by atoms with Crippen molar-refractivity contribution in [2.24, 2.45) is 7.05 Å². The monoisotopic (exact) mass is 372 g/mol. The summed E-state index contributed by atoms with van der Waals surface area (Å²) in [7, 11) is 3.40. The van der Waals surface area contributed by atoms with Gasteiger partial charge in [-0.05, 0) is 37.1 Å². The fourth-order valence-corrected chi connectivity index (χ4v) is 4.10. The molecule has 2 aromatic heterocycles. The number of aromatic nitrogens is 3. The molecule has 1 aromatic carbocycles. The molecule has 0 radical (unpaired) electrons. The first-order valence-corrected chi connectivity index (χ1v) is 9.33. The van der Waals surface area contributed by atoms with Gasteiger partial charge in [0.2, 0.25) is 0 Å². The lowest BCUT2D eigenvalue weighted by Crippen LogP contribution is -2.38.